The van der Waals surface area contributed by atoms with Gasteiger partial charge in [-0.25, -0.2) is 0 Å². The Morgan fingerprint density at radius 3 is 2.67 bits per heavy atom. The minimum Gasteiger partial charge on any atom is -0.368 e. The quantitative estimate of drug-likeness (QED) is 0.568. The molecule has 0 aliphatic rings. The lowest BCUT2D eigenvalue weighted by atomic mass is 10.4. The molecule has 0 spiro atoms. The molecule has 0 saturated carbocycles. The molecule has 0 bridgehead atoms. The van der Waals surface area contributed by atoms with Gasteiger partial charge in [0.25, 0.3) is 0 Å². The predicted molar refractivity (Wildman–Crippen MR) is 43.1 cm³/mol. The predicted octanol–water partition coefficient (Wildman–Crippen LogP) is -0.190. The fourth-order valence-electron chi connectivity index (χ4n) is 0.223. The Hall–Kier alpha value is 0.130. The van der Waals surface area contributed by atoms with Crippen LogP contribution in [0.15, 0.2) is 0 Å². The van der Waals surface area contributed by atoms with Crippen molar-refractivity contribution in [1.82, 2.24) is 0 Å². The Labute approximate surface area is 62.3 Å². The molecular formula is C4H10N2OS2. The molecule has 4 N–H and O–H groups in total. The second-order valence-electron chi connectivity index (χ2n) is 1.46. The van der Waals surface area contributed by atoms with Gasteiger partial charge in [-0.1, -0.05) is 21.6 Å². The Morgan fingerprint density at radius 2 is 2.33 bits per heavy atom. The van der Waals surface area contributed by atoms with Crippen LogP contribution in [-0.4, -0.2) is 24.0 Å². The summed E-state index contributed by atoms with van der Waals surface area (Å²) in [6.45, 7) is 0. The Kier molecular flexibility index (Phi) is 5.03. The van der Waals surface area contributed by atoms with Gasteiger partial charge in [-0.05, 0) is 6.26 Å². The van der Waals surface area contributed by atoms with Gasteiger partial charge in [0.1, 0.15) is 0 Å². The third kappa shape index (κ3) is 4.62. The first-order valence-electron chi connectivity index (χ1n) is 2.39. The van der Waals surface area contributed by atoms with Crippen LogP contribution in [0.25, 0.3) is 0 Å². The Morgan fingerprint density at radius 1 is 1.78 bits per heavy atom. The van der Waals surface area contributed by atoms with E-state index in [1.165, 1.54) is 10.8 Å². The van der Waals surface area contributed by atoms with Gasteiger partial charge in [0, 0.05) is 5.75 Å². The summed E-state index contributed by atoms with van der Waals surface area (Å²) in [5.41, 5.74) is 10.2. The third-order valence-electron chi connectivity index (χ3n) is 0.731. The molecule has 0 unspecified atom stereocenters. The molecule has 1 amide bonds. The number of hydrogen-bond acceptors (Lipinski definition) is 4. The van der Waals surface area contributed by atoms with Crippen molar-refractivity contribution in [2.45, 2.75) is 6.04 Å². The molecule has 0 aliphatic carbocycles. The second kappa shape index (κ2) is 4.96. The lowest BCUT2D eigenvalue weighted by molar-refractivity contribution is -0.118. The second-order valence-corrected chi connectivity index (χ2v) is 4.07. The van der Waals surface area contributed by atoms with E-state index in [0.29, 0.717) is 5.75 Å². The SMILES string of the molecule is CSSC[C@H](N)C(N)=O. The minimum atomic E-state index is -0.498. The van der Waals surface area contributed by atoms with E-state index in [4.69, 9.17) is 11.5 Å². The van der Waals surface area contributed by atoms with E-state index in [1.54, 1.807) is 10.8 Å². The molecular weight excluding hydrogens is 156 g/mol. The van der Waals surface area contributed by atoms with Gasteiger partial charge in [0.2, 0.25) is 5.91 Å². The zero-order valence-corrected chi connectivity index (χ0v) is 6.80. The molecule has 54 valence electrons. The van der Waals surface area contributed by atoms with Crippen LogP contribution in [0, 0.1) is 0 Å². The third-order valence-corrected chi connectivity index (χ3v) is 2.58. The average molecular weight is 166 g/mol. The van der Waals surface area contributed by atoms with Gasteiger partial charge in [0.05, 0.1) is 6.04 Å². The molecule has 0 saturated heterocycles. The molecule has 0 aromatic rings. The number of primary amides is 1. The number of carbonyl (C=O) groups is 1. The van der Waals surface area contributed by atoms with Crippen molar-refractivity contribution in [3.05, 3.63) is 0 Å². The molecule has 0 aromatic carbocycles. The summed E-state index contributed by atoms with van der Waals surface area (Å²) in [5.74, 6) is 0.160. The highest BCUT2D eigenvalue weighted by Crippen LogP contribution is 2.16. The fourth-order valence-corrected chi connectivity index (χ4v) is 1.52. The molecule has 0 aromatic heterocycles. The highest BCUT2D eigenvalue weighted by Gasteiger charge is 2.07. The highest BCUT2D eigenvalue weighted by molar-refractivity contribution is 8.76. The summed E-state index contributed by atoms with van der Waals surface area (Å²) >= 11 is 0. The molecule has 9 heavy (non-hydrogen) atoms. The van der Waals surface area contributed by atoms with E-state index in [-0.39, 0.29) is 0 Å². The molecule has 5 heteroatoms. The topological polar surface area (TPSA) is 69.1 Å². The van der Waals surface area contributed by atoms with E-state index < -0.39 is 11.9 Å². The first-order valence-corrected chi connectivity index (χ1v) is 5.11. The number of carbonyl (C=O) groups excluding carboxylic acids is 1. The van der Waals surface area contributed by atoms with Crippen molar-refractivity contribution < 1.29 is 4.79 Å². The summed E-state index contributed by atoms with van der Waals surface area (Å²) < 4.78 is 0. The van der Waals surface area contributed by atoms with E-state index in [2.05, 4.69) is 0 Å². The molecule has 1 atom stereocenters. The van der Waals surface area contributed by atoms with E-state index in [9.17, 15) is 4.79 Å². The molecule has 0 rings (SSSR count). The summed E-state index contributed by atoms with van der Waals surface area (Å²) in [6.07, 6.45) is 1.93. The van der Waals surface area contributed by atoms with Gasteiger partial charge in [-0.2, -0.15) is 0 Å². The first kappa shape index (κ1) is 9.13. The maximum absolute atomic E-state index is 10.3. The number of amides is 1. The minimum absolute atomic E-state index is 0.434. The lowest BCUT2D eigenvalue weighted by Gasteiger charge is -2.02. The number of hydrogen-bond donors (Lipinski definition) is 2. The largest absolute Gasteiger partial charge is 0.368 e. The van der Waals surface area contributed by atoms with Crippen molar-refractivity contribution in [2.75, 3.05) is 12.0 Å². The number of rotatable bonds is 4. The van der Waals surface area contributed by atoms with Crippen molar-refractivity contribution >= 4 is 27.5 Å². The van der Waals surface area contributed by atoms with Crippen LogP contribution in [0.5, 0.6) is 0 Å². The standard InChI is InChI=1S/C4H10N2OS2/c1-8-9-2-3(5)4(6)7/h3H,2,5H2,1H3,(H2,6,7)/t3-/m0/s1. The summed E-state index contributed by atoms with van der Waals surface area (Å²) in [7, 11) is 3.11. The average Bonchev–Trinajstić information content (AvgIpc) is 1.82. The molecule has 3 nitrogen and oxygen atoms in total. The summed E-state index contributed by atoms with van der Waals surface area (Å²) in [6, 6.07) is -0.498. The van der Waals surface area contributed by atoms with Gasteiger partial charge in [0.15, 0.2) is 0 Å². The Balaban J connectivity index is 3.27. The van der Waals surface area contributed by atoms with Crippen LogP contribution in [-0.2, 0) is 4.79 Å². The molecule has 0 radical (unpaired) electrons. The van der Waals surface area contributed by atoms with Gasteiger partial charge in [-0.15, -0.1) is 0 Å². The van der Waals surface area contributed by atoms with Crippen LogP contribution in [0.1, 0.15) is 0 Å². The smallest absolute Gasteiger partial charge is 0.235 e. The Bertz CT molecular complexity index is 98.6. The van der Waals surface area contributed by atoms with Gasteiger partial charge >= 0.3 is 0 Å². The van der Waals surface area contributed by atoms with E-state index in [0.717, 1.165) is 0 Å². The maximum atomic E-state index is 10.3. The van der Waals surface area contributed by atoms with E-state index >= 15 is 0 Å². The molecule has 0 heterocycles. The summed E-state index contributed by atoms with van der Waals surface area (Å²) in [5, 5.41) is 0. The van der Waals surface area contributed by atoms with Gasteiger partial charge < -0.3 is 11.5 Å². The first-order chi connectivity index (χ1) is 4.18. The van der Waals surface area contributed by atoms with Crippen LogP contribution < -0.4 is 11.5 Å². The molecule has 0 fully saturated rings. The zero-order chi connectivity index (χ0) is 7.28. The van der Waals surface area contributed by atoms with Crippen molar-refractivity contribution in [1.29, 1.82) is 0 Å². The monoisotopic (exact) mass is 166 g/mol. The fraction of sp³-hybridized carbons (Fsp3) is 0.750. The number of nitrogens with two attached hydrogens (primary N) is 2. The van der Waals surface area contributed by atoms with E-state index in [1.807, 2.05) is 6.26 Å². The van der Waals surface area contributed by atoms with Crippen LogP contribution in [0.4, 0.5) is 0 Å². The van der Waals surface area contributed by atoms with Crippen molar-refractivity contribution in [3.8, 4) is 0 Å². The van der Waals surface area contributed by atoms with Crippen LogP contribution in [0.3, 0.4) is 0 Å². The van der Waals surface area contributed by atoms with Gasteiger partial charge in [-0.3, -0.25) is 4.79 Å². The zero-order valence-electron chi connectivity index (χ0n) is 5.16. The molecule has 0 aliphatic heterocycles. The van der Waals surface area contributed by atoms with Crippen molar-refractivity contribution in [2.24, 2.45) is 11.5 Å². The lowest BCUT2D eigenvalue weighted by Crippen LogP contribution is -2.38. The van der Waals surface area contributed by atoms with Crippen LogP contribution in [0.2, 0.25) is 0 Å². The van der Waals surface area contributed by atoms with Crippen molar-refractivity contribution in [3.63, 3.8) is 0 Å². The van der Waals surface area contributed by atoms with Crippen LogP contribution >= 0.6 is 21.6 Å². The highest BCUT2D eigenvalue weighted by atomic mass is 33.1. The normalized spacial score (nSPS) is 13.1. The maximum Gasteiger partial charge on any atom is 0.235 e. The summed E-state index contributed by atoms with van der Waals surface area (Å²) in [4.78, 5) is 10.3.